The van der Waals surface area contributed by atoms with Crippen LogP contribution in [0.3, 0.4) is 0 Å². The first kappa shape index (κ1) is 14.0. The molecule has 0 bridgehead atoms. The largest absolute Gasteiger partial charge is 0.466 e. The van der Waals surface area contributed by atoms with Crippen molar-refractivity contribution in [2.75, 3.05) is 6.61 Å². The molecule has 1 N–H and O–H groups in total. The molecule has 0 radical (unpaired) electrons. The van der Waals surface area contributed by atoms with Gasteiger partial charge in [0.1, 0.15) is 0 Å². The van der Waals surface area contributed by atoms with Crippen LogP contribution in [0.4, 0.5) is 0 Å². The molecule has 0 saturated carbocycles. The monoisotopic (exact) mass is 241 g/mol. The van der Waals surface area contributed by atoms with Gasteiger partial charge in [-0.15, -0.1) is 0 Å². The van der Waals surface area contributed by atoms with Gasteiger partial charge in [0.15, 0.2) is 0 Å². The van der Waals surface area contributed by atoms with Gasteiger partial charge < -0.3 is 10.1 Å². The highest BCUT2D eigenvalue weighted by Gasteiger charge is 2.27. The Hall–Kier alpha value is -1.06. The molecule has 0 aromatic carbocycles. The summed E-state index contributed by atoms with van der Waals surface area (Å²) in [6.07, 6.45) is 5.27. The molecule has 1 heterocycles. The second kappa shape index (κ2) is 7.30. The van der Waals surface area contributed by atoms with E-state index in [4.69, 9.17) is 4.74 Å². The van der Waals surface area contributed by atoms with Crippen molar-refractivity contribution in [3.8, 4) is 0 Å². The topological polar surface area (TPSA) is 55.4 Å². The van der Waals surface area contributed by atoms with Crippen molar-refractivity contribution in [3.05, 3.63) is 0 Å². The predicted octanol–water partition coefficient (Wildman–Crippen LogP) is 2.02. The third-order valence-corrected chi connectivity index (χ3v) is 3.30. The smallest absolute Gasteiger partial charge is 0.305 e. The molecule has 2 unspecified atom stereocenters. The normalized spacial score (nSPS) is 23.5. The molecule has 0 spiro atoms. The summed E-state index contributed by atoms with van der Waals surface area (Å²) in [6.45, 7) is 4.35. The Kier molecular flexibility index (Phi) is 6.01. The average molecular weight is 241 g/mol. The lowest BCUT2D eigenvalue weighted by molar-refractivity contribution is -0.143. The van der Waals surface area contributed by atoms with Crippen LogP contribution in [0.1, 0.15) is 52.4 Å². The zero-order chi connectivity index (χ0) is 12.7. The minimum atomic E-state index is -0.0985. The van der Waals surface area contributed by atoms with Crippen LogP contribution < -0.4 is 5.32 Å². The highest BCUT2D eigenvalue weighted by Crippen LogP contribution is 2.22. The first-order valence-corrected chi connectivity index (χ1v) is 6.58. The van der Waals surface area contributed by atoms with Gasteiger partial charge in [-0.1, -0.05) is 12.8 Å². The molecule has 0 aromatic rings. The fraction of sp³-hybridized carbons (Fsp3) is 0.846. The quantitative estimate of drug-likeness (QED) is 0.548. The summed E-state index contributed by atoms with van der Waals surface area (Å²) in [5, 5.41) is 2.93. The van der Waals surface area contributed by atoms with Crippen molar-refractivity contribution in [1.29, 1.82) is 0 Å². The predicted molar refractivity (Wildman–Crippen MR) is 65.4 cm³/mol. The van der Waals surface area contributed by atoms with E-state index in [1.165, 1.54) is 0 Å². The Labute approximate surface area is 103 Å². The number of hydrogen-bond acceptors (Lipinski definition) is 3. The maximum atomic E-state index is 11.1. The third kappa shape index (κ3) is 5.20. The van der Waals surface area contributed by atoms with Gasteiger partial charge in [-0.05, 0) is 32.6 Å². The summed E-state index contributed by atoms with van der Waals surface area (Å²) in [5.41, 5.74) is 0. The molecule has 1 aliphatic rings. The Morgan fingerprint density at radius 3 is 2.76 bits per heavy atom. The molecule has 4 nitrogen and oxygen atoms in total. The van der Waals surface area contributed by atoms with Gasteiger partial charge in [0.05, 0.1) is 6.61 Å². The number of rotatable bonds is 7. The average Bonchev–Trinajstić information content (AvgIpc) is 2.57. The fourth-order valence-electron chi connectivity index (χ4n) is 2.28. The van der Waals surface area contributed by atoms with Crippen LogP contribution in [0, 0.1) is 5.92 Å². The Morgan fingerprint density at radius 1 is 1.41 bits per heavy atom. The van der Waals surface area contributed by atoms with E-state index < -0.39 is 0 Å². The molecule has 1 rings (SSSR count). The number of nitrogens with one attached hydrogen (secondary N) is 1. The number of amides is 1. The standard InChI is InChI=1S/C13H23NO3/c1-3-17-13(16)8-6-4-5-7-11-9-12(15)14-10(11)2/h10-11H,3-9H2,1-2H3,(H,14,15). The second-order valence-corrected chi connectivity index (χ2v) is 4.72. The number of carbonyl (C=O) groups excluding carboxylic acids is 2. The van der Waals surface area contributed by atoms with Crippen molar-refractivity contribution in [2.24, 2.45) is 5.92 Å². The maximum absolute atomic E-state index is 11.1. The third-order valence-electron chi connectivity index (χ3n) is 3.30. The zero-order valence-corrected chi connectivity index (χ0v) is 10.8. The van der Waals surface area contributed by atoms with Gasteiger partial charge in [0, 0.05) is 18.9 Å². The van der Waals surface area contributed by atoms with Gasteiger partial charge >= 0.3 is 5.97 Å². The van der Waals surface area contributed by atoms with Gasteiger partial charge in [-0.2, -0.15) is 0 Å². The van der Waals surface area contributed by atoms with Crippen molar-refractivity contribution < 1.29 is 14.3 Å². The molecule has 98 valence electrons. The Balaban J connectivity index is 2.01. The van der Waals surface area contributed by atoms with Crippen LogP contribution in [0.5, 0.6) is 0 Å². The van der Waals surface area contributed by atoms with E-state index in [1.54, 1.807) is 0 Å². The fourth-order valence-corrected chi connectivity index (χ4v) is 2.28. The molecule has 1 fully saturated rings. The number of carbonyl (C=O) groups is 2. The molecule has 2 atom stereocenters. The lowest BCUT2D eigenvalue weighted by Gasteiger charge is -2.13. The van der Waals surface area contributed by atoms with Gasteiger partial charge in [-0.25, -0.2) is 0 Å². The van der Waals surface area contributed by atoms with E-state index in [-0.39, 0.29) is 11.9 Å². The molecule has 17 heavy (non-hydrogen) atoms. The SMILES string of the molecule is CCOC(=O)CCCCCC1CC(=O)NC1C. The zero-order valence-electron chi connectivity index (χ0n) is 10.8. The molecule has 0 aromatic heterocycles. The maximum Gasteiger partial charge on any atom is 0.305 e. The second-order valence-electron chi connectivity index (χ2n) is 4.72. The van der Waals surface area contributed by atoms with Crippen LogP contribution >= 0.6 is 0 Å². The summed E-state index contributed by atoms with van der Waals surface area (Å²) >= 11 is 0. The highest BCUT2D eigenvalue weighted by molar-refractivity contribution is 5.78. The van der Waals surface area contributed by atoms with Crippen LogP contribution in [0.15, 0.2) is 0 Å². The van der Waals surface area contributed by atoms with Crippen molar-refractivity contribution in [2.45, 2.75) is 58.4 Å². The van der Waals surface area contributed by atoms with Crippen molar-refractivity contribution in [1.82, 2.24) is 5.32 Å². The van der Waals surface area contributed by atoms with Crippen LogP contribution in [-0.2, 0) is 14.3 Å². The van der Waals surface area contributed by atoms with Crippen molar-refractivity contribution in [3.63, 3.8) is 0 Å². The first-order chi connectivity index (χ1) is 8.13. The minimum Gasteiger partial charge on any atom is -0.466 e. The van der Waals surface area contributed by atoms with E-state index in [2.05, 4.69) is 12.2 Å². The Bertz CT molecular complexity index is 265. The first-order valence-electron chi connectivity index (χ1n) is 6.58. The highest BCUT2D eigenvalue weighted by atomic mass is 16.5. The number of unbranched alkanes of at least 4 members (excludes halogenated alkanes) is 2. The molecule has 0 aliphatic carbocycles. The number of ether oxygens (including phenoxy) is 1. The molecule has 1 amide bonds. The number of esters is 1. The van der Waals surface area contributed by atoms with Crippen molar-refractivity contribution >= 4 is 11.9 Å². The van der Waals surface area contributed by atoms with E-state index in [0.29, 0.717) is 31.4 Å². The summed E-state index contributed by atoms with van der Waals surface area (Å²) in [6, 6.07) is 0.313. The Morgan fingerprint density at radius 2 is 2.18 bits per heavy atom. The molecule has 4 heteroatoms. The number of hydrogen-bond donors (Lipinski definition) is 1. The lowest BCUT2D eigenvalue weighted by atomic mass is 9.95. The van der Waals surface area contributed by atoms with E-state index in [1.807, 2.05) is 6.92 Å². The summed E-state index contributed by atoms with van der Waals surface area (Å²) in [7, 11) is 0. The lowest BCUT2D eigenvalue weighted by Crippen LogP contribution is -2.25. The van der Waals surface area contributed by atoms with Crippen LogP contribution in [0.2, 0.25) is 0 Å². The minimum absolute atomic E-state index is 0.0985. The van der Waals surface area contributed by atoms with E-state index >= 15 is 0 Å². The van der Waals surface area contributed by atoms with Gasteiger partial charge in [0.25, 0.3) is 0 Å². The summed E-state index contributed by atoms with van der Waals surface area (Å²) in [5.74, 6) is 0.553. The molecule has 1 saturated heterocycles. The van der Waals surface area contributed by atoms with E-state index in [9.17, 15) is 9.59 Å². The van der Waals surface area contributed by atoms with Crippen LogP contribution in [-0.4, -0.2) is 24.5 Å². The molecule has 1 aliphatic heterocycles. The van der Waals surface area contributed by atoms with Crippen LogP contribution in [0.25, 0.3) is 0 Å². The molecular weight excluding hydrogens is 218 g/mol. The van der Waals surface area contributed by atoms with Gasteiger partial charge in [-0.3, -0.25) is 9.59 Å². The van der Waals surface area contributed by atoms with E-state index in [0.717, 1.165) is 25.7 Å². The molecular formula is C13H23NO3. The van der Waals surface area contributed by atoms with Gasteiger partial charge in [0.2, 0.25) is 5.91 Å². The summed E-state index contributed by atoms with van der Waals surface area (Å²) < 4.78 is 4.86. The summed E-state index contributed by atoms with van der Waals surface area (Å²) in [4.78, 5) is 22.2.